The summed E-state index contributed by atoms with van der Waals surface area (Å²) in [5.74, 6) is 0.498. The maximum atomic E-state index is 5.94. The third-order valence-corrected chi connectivity index (χ3v) is 3.00. The van der Waals surface area contributed by atoms with Gasteiger partial charge in [-0.3, -0.25) is 5.10 Å². The van der Waals surface area contributed by atoms with Gasteiger partial charge in [0, 0.05) is 16.5 Å². The van der Waals surface area contributed by atoms with Gasteiger partial charge >= 0.3 is 0 Å². The number of nitrogens with zero attached hydrogens (tertiary/aromatic N) is 2. The second-order valence-corrected chi connectivity index (χ2v) is 4.19. The summed E-state index contributed by atoms with van der Waals surface area (Å²) < 4.78 is 0. The molecule has 0 unspecified atom stereocenters. The van der Waals surface area contributed by atoms with E-state index >= 15 is 0 Å². The van der Waals surface area contributed by atoms with Crippen LogP contribution in [0, 0.1) is 0 Å². The number of pyridine rings is 1. The van der Waals surface area contributed by atoms with Crippen LogP contribution in [0.4, 0.5) is 5.82 Å². The van der Waals surface area contributed by atoms with Crippen LogP contribution < -0.4 is 5.73 Å². The maximum absolute atomic E-state index is 5.94. The first kappa shape index (κ1) is 10.1. The molecule has 4 nitrogen and oxygen atoms in total. The fourth-order valence-corrected chi connectivity index (χ4v) is 2.25. The van der Waals surface area contributed by atoms with Crippen molar-refractivity contribution in [3.63, 3.8) is 0 Å². The molecule has 0 atom stereocenters. The second kappa shape index (κ2) is 3.73. The normalized spacial score (nSPS) is 11.4. The van der Waals surface area contributed by atoms with Gasteiger partial charge in [0.05, 0.1) is 5.52 Å². The Labute approximate surface area is 98.8 Å². The molecule has 17 heavy (non-hydrogen) atoms. The number of nitrogens with two attached hydrogens (primary N) is 1. The van der Waals surface area contributed by atoms with Crippen LogP contribution in [0.15, 0.2) is 24.3 Å². The fraction of sp³-hybridized carbons (Fsp3) is 0.231. The number of hydrogen-bond acceptors (Lipinski definition) is 3. The van der Waals surface area contributed by atoms with Crippen LogP contribution in [0.25, 0.3) is 21.8 Å². The summed E-state index contributed by atoms with van der Waals surface area (Å²) in [6.07, 6.45) is 2.05. The van der Waals surface area contributed by atoms with Gasteiger partial charge in [-0.2, -0.15) is 5.10 Å². The molecule has 3 N–H and O–H groups in total. The monoisotopic (exact) mass is 226 g/mol. The summed E-state index contributed by atoms with van der Waals surface area (Å²) in [5.41, 5.74) is 8.80. The summed E-state index contributed by atoms with van der Waals surface area (Å²) in [7, 11) is 0. The molecule has 0 aliphatic heterocycles. The zero-order valence-electron chi connectivity index (χ0n) is 9.70. The van der Waals surface area contributed by atoms with Gasteiger partial charge in [-0.25, -0.2) is 4.98 Å². The quantitative estimate of drug-likeness (QED) is 0.705. The topological polar surface area (TPSA) is 67.6 Å². The molecule has 86 valence electrons. The molecule has 0 saturated heterocycles. The van der Waals surface area contributed by atoms with Crippen LogP contribution in [-0.2, 0) is 6.42 Å². The number of aromatic nitrogens is 3. The Morgan fingerprint density at radius 3 is 2.94 bits per heavy atom. The van der Waals surface area contributed by atoms with E-state index in [0.29, 0.717) is 5.82 Å². The summed E-state index contributed by atoms with van der Waals surface area (Å²) in [4.78, 5) is 4.37. The zero-order valence-corrected chi connectivity index (χ0v) is 9.70. The van der Waals surface area contributed by atoms with Gasteiger partial charge in [0.2, 0.25) is 0 Å². The second-order valence-electron chi connectivity index (χ2n) is 4.19. The van der Waals surface area contributed by atoms with E-state index in [-0.39, 0.29) is 0 Å². The van der Waals surface area contributed by atoms with Crippen LogP contribution >= 0.6 is 0 Å². The van der Waals surface area contributed by atoms with Crippen molar-refractivity contribution in [3.8, 4) is 0 Å². The summed E-state index contributed by atoms with van der Waals surface area (Å²) in [6, 6.07) is 8.04. The van der Waals surface area contributed by atoms with Crippen LogP contribution in [0.5, 0.6) is 0 Å². The molecule has 2 heterocycles. The third-order valence-electron chi connectivity index (χ3n) is 3.00. The van der Waals surface area contributed by atoms with Gasteiger partial charge in [0.1, 0.15) is 5.52 Å². The Morgan fingerprint density at radius 2 is 2.12 bits per heavy atom. The summed E-state index contributed by atoms with van der Waals surface area (Å²) in [6.45, 7) is 2.15. The highest BCUT2D eigenvalue weighted by Gasteiger charge is 2.12. The average molecular weight is 226 g/mol. The van der Waals surface area contributed by atoms with Crippen molar-refractivity contribution in [1.29, 1.82) is 0 Å². The number of nitrogen functional groups attached to an aromatic ring is 1. The number of aromatic amines is 1. The van der Waals surface area contributed by atoms with E-state index in [1.807, 2.05) is 18.2 Å². The Bertz CT molecular complexity index is 684. The van der Waals surface area contributed by atoms with Crippen molar-refractivity contribution < 1.29 is 0 Å². The van der Waals surface area contributed by atoms with Gasteiger partial charge in [-0.1, -0.05) is 31.5 Å². The van der Waals surface area contributed by atoms with Crippen molar-refractivity contribution in [3.05, 3.63) is 30.0 Å². The SMILES string of the molecule is CCCc1[nH]nc2c(N)nc3ccccc3c12. The minimum Gasteiger partial charge on any atom is -0.382 e. The number of hydrogen-bond donors (Lipinski definition) is 2. The van der Waals surface area contributed by atoms with Crippen LogP contribution in [-0.4, -0.2) is 15.2 Å². The Kier molecular flexibility index (Phi) is 2.21. The first-order chi connectivity index (χ1) is 8.31. The number of benzene rings is 1. The predicted octanol–water partition coefficient (Wildman–Crippen LogP) is 2.65. The van der Waals surface area contributed by atoms with Crippen LogP contribution in [0.2, 0.25) is 0 Å². The minimum absolute atomic E-state index is 0.498. The highest BCUT2D eigenvalue weighted by atomic mass is 15.1. The lowest BCUT2D eigenvalue weighted by atomic mass is 10.1. The van der Waals surface area contributed by atoms with Gasteiger partial charge in [0.15, 0.2) is 5.82 Å². The van der Waals surface area contributed by atoms with Gasteiger partial charge in [-0.15, -0.1) is 0 Å². The molecule has 0 saturated carbocycles. The molecule has 0 amide bonds. The lowest BCUT2D eigenvalue weighted by molar-refractivity contribution is 0.874. The number of H-pyrrole nitrogens is 1. The smallest absolute Gasteiger partial charge is 0.152 e. The summed E-state index contributed by atoms with van der Waals surface area (Å²) in [5, 5.41) is 9.59. The van der Waals surface area contributed by atoms with E-state index in [0.717, 1.165) is 40.3 Å². The standard InChI is InChI=1S/C13H14N4/c1-2-5-10-11-8-6-3-4-7-9(8)15-13(14)12(11)17-16-10/h3-4,6-7H,2,5H2,1H3,(H2,14,15)(H,16,17). The number of para-hydroxylation sites is 1. The molecule has 0 bridgehead atoms. The largest absolute Gasteiger partial charge is 0.382 e. The molecule has 4 heteroatoms. The van der Waals surface area contributed by atoms with E-state index < -0.39 is 0 Å². The van der Waals surface area contributed by atoms with E-state index in [1.54, 1.807) is 0 Å². The Morgan fingerprint density at radius 1 is 1.29 bits per heavy atom. The Balaban J connectivity index is 2.47. The number of rotatable bonds is 2. The third kappa shape index (κ3) is 1.45. The molecule has 0 fully saturated rings. The van der Waals surface area contributed by atoms with E-state index in [4.69, 9.17) is 5.73 Å². The fourth-order valence-electron chi connectivity index (χ4n) is 2.25. The molecule has 0 aliphatic carbocycles. The zero-order chi connectivity index (χ0) is 11.8. The predicted molar refractivity (Wildman–Crippen MR) is 69.8 cm³/mol. The minimum atomic E-state index is 0.498. The number of aryl methyl sites for hydroxylation is 1. The Hall–Kier alpha value is -2.10. The number of anilines is 1. The molecule has 3 rings (SSSR count). The first-order valence-electron chi connectivity index (χ1n) is 5.82. The molecule has 0 radical (unpaired) electrons. The molecular weight excluding hydrogens is 212 g/mol. The molecule has 2 aromatic heterocycles. The van der Waals surface area contributed by atoms with Gasteiger partial charge in [0.25, 0.3) is 0 Å². The van der Waals surface area contributed by atoms with Gasteiger partial charge < -0.3 is 5.73 Å². The average Bonchev–Trinajstić information content (AvgIpc) is 2.75. The van der Waals surface area contributed by atoms with Crippen molar-refractivity contribution in [2.75, 3.05) is 5.73 Å². The van der Waals surface area contributed by atoms with Crippen LogP contribution in [0.1, 0.15) is 19.0 Å². The van der Waals surface area contributed by atoms with Crippen molar-refractivity contribution >= 4 is 27.6 Å². The number of nitrogens with one attached hydrogen (secondary N) is 1. The van der Waals surface area contributed by atoms with E-state index in [9.17, 15) is 0 Å². The molecular formula is C13H14N4. The first-order valence-corrected chi connectivity index (χ1v) is 5.82. The van der Waals surface area contributed by atoms with Gasteiger partial charge in [-0.05, 0) is 12.5 Å². The van der Waals surface area contributed by atoms with Crippen LogP contribution in [0.3, 0.4) is 0 Å². The van der Waals surface area contributed by atoms with E-state index in [1.165, 1.54) is 0 Å². The maximum Gasteiger partial charge on any atom is 0.152 e. The summed E-state index contributed by atoms with van der Waals surface area (Å²) >= 11 is 0. The molecule has 1 aromatic carbocycles. The van der Waals surface area contributed by atoms with Crippen molar-refractivity contribution in [2.24, 2.45) is 0 Å². The highest BCUT2D eigenvalue weighted by Crippen LogP contribution is 2.29. The van der Waals surface area contributed by atoms with E-state index in [2.05, 4.69) is 28.2 Å². The van der Waals surface area contributed by atoms with Crippen molar-refractivity contribution in [2.45, 2.75) is 19.8 Å². The number of fused-ring (bicyclic) bond motifs is 3. The lowest BCUT2D eigenvalue weighted by Gasteiger charge is -2.02. The lowest BCUT2D eigenvalue weighted by Crippen LogP contribution is -1.93. The highest BCUT2D eigenvalue weighted by molar-refractivity contribution is 6.09. The molecule has 0 aliphatic rings. The molecule has 3 aromatic rings. The van der Waals surface area contributed by atoms with Crippen molar-refractivity contribution in [1.82, 2.24) is 15.2 Å². The molecule has 0 spiro atoms.